The topological polar surface area (TPSA) is 77.3 Å². The minimum absolute atomic E-state index is 0.381. The number of rotatable bonds is 6. The van der Waals surface area contributed by atoms with E-state index in [2.05, 4.69) is 109 Å². The van der Waals surface area contributed by atoms with Crippen LogP contribution < -0.4 is 0 Å². The summed E-state index contributed by atoms with van der Waals surface area (Å²) in [7, 11) is 0. The highest BCUT2D eigenvalue weighted by Gasteiger charge is 2.58. The summed E-state index contributed by atoms with van der Waals surface area (Å²) in [4.78, 5) is 30.8. The monoisotopic (exact) mass is 784 g/mol. The van der Waals surface area contributed by atoms with E-state index in [-0.39, 0.29) is 5.41 Å². The van der Waals surface area contributed by atoms with Crippen LogP contribution in [0.25, 0.3) is 79.5 Å². The summed E-state index contributed by atoms with van der Waals surface area (Å²) in [6.07, 6.45) is 4.77. The van der Waals surface area contributed by atoms with Crippen molar-refractivity contribution in [2.24, 2.45) is 5.92 Å². The van der Waals surface area contributed by atoms with Crippen molar-refractivity contribution in [3.63, 3.8) is 0 Å². The lowest BCUT2D eigenvalue weighted by Gasteiger charge is -2.39. The zero-order valence-electron chi connectivity index (χ0n) is 33.5. The van der Waals surface area contributed by atoms with Crippen molar-refractivity contribution in [1.29, 1.82) is 0 Å². The SMILES string of the molecule is c1ccc(-c2nc(-c3ccccc3)nc(-c3ccc4c(c3)C3(c5ccccc5-4)c4cc(-c5nc(-c6ccccc6)nc(-c6ccccc6)n5)ccc4C4CCCCC43)n2)cc1. The second-order valence-electron chi connectivity index (χ2n) is 16.5. The zero-order valence-corrected chi connectivity index (χ0v) is 33.5. The summed E-state index contributed by atoms with van der Waals surface area (Å²) < 4.78 is 0. The number of hydrogen-bond acceptors (Lipinski definition) is 6. The molecule has 0 N–H and O–H groups in total. The average Bonchev–Trinajstić information content (AvgIpc) is 3.81. The van der Waals surface area contributed by atoms with Crippen molar-refractivity contribution >= 4 is 0 Å². The summed E-state index contributed by atoms with van der Waals surface area (Å²) in [5.74, 6) is 4.81. The van der Waals surface area contributed by atoms with E-state index in [9.17, 15) is 0 Å². The summed E-state index contributed by atoms with van der Waals surface area (Å²) >= 11 is 0. The molecule has 0 amide bonds. The van der Waals surface area contributed by atoms with Gasteiger partial charge >= 0.3 is 0 Å². The number of hydrogen-bond donors (Lipinski definition) is 0. The van der Waals surface area contributed by atoms with Crippen LogP contribution in [0.1, 0.15) is 53.9 Å². The fourth-order valence-electron chi connectivity index (χ4n) is 10.6. The molecule has 7 aromatic carbocycles. The van der Waals surface area contributed by atoms with Gasteiger partial charge in [0.2, 0.25) is 0 Å². The van der Waals surface area contributed by atoms with Gasteiger partial charge in [-0.1, -0.05) is 183 Å². The second kappa shape index (κ2) is 14.4. The predicted molar refractivity (Wildman–Crippen MR) is 242 cm³/mol. The highest BCUT2D eigenvalue weighted by atomic mass is 15.0. The van der Waals surface area contributed by atoms with E-state index in [0.29, 0.717) is 46.8 Å². The van der Waals surface area contributed by atoms with Crippen molar-refractivity contribution in [3.05, 3.63) is 204 Å². The van der Waals surface area contributed by atoms with Gasteiger partial charge in [0.15, 0.2) is 34.9 Å². The Morgan fingerprint density at radius 1 is 0.328 bits per heavy atom. The minimum Gasteiger partial charge on any atom is -0.208 e. The lowest BCUT2D eigenvalue weighted by atomic mass is 9.62. The third-order valence-electron chi connectivity index (χ3n) is 13.2. The van der Waals surface area contributed by atoms with Gasteiger partial charge in [-0.15, -0.1) is 0 Å². The molecular weight excluding hydrogens is 745 g/mol. The van der Waals surface area contributed by atoms with E-state index in [0.717, 1.165) is 39.8 Å². The first-order valence-corrected chi connectivity index (χ1v) is 21.4. The quantitative estimate of drug-likeness (QED) is 0.167. The minimum atomic E-state index is -0.381. The van der Waals surface area contributed by atoms with Crippen molar-refractivity contribution < 1.29 is 0 Å². The molecule has 3 aliphatic carbocycles. The normalized spacial score (nSPS) is 18.3. The van der Waals surface area contributed by atoms with Crippen molar-refractivity contribution in [2.45, 2.75) is 37.0 Å². The van der Waals surface area contributed by atoms with Crippen LogP contribution in [-0.2, 0) is 5.41 Å². The summed E-state index contributed by atoms with van der Waals surface area (Å²) in [5.41, 5.74) is 13.5. The van der Waals surface area contributed by atoms with Crippen molar-refractivity contribution in [3.8, 4) is 79.5 Å². The molecular formula is C55H40N6. The zero-order chi connectivity index (χ0) is 40.3. The largest absolute Gasteiger partial charge is 0.208 e. The van der Waals surface area contributed by atoms with Crippen molar-refractivity contribution in [1.82, 2.24) is 29.9 Å². The molecule has 0 saturated heterocycles. The molecule has 0 aliphatic heterocycles. The Kier molecular flexibility index (Phi) is 8.37. The molecule has 2 heterocycles. The van der Waals surface area contributed by atoms with Crippen molar-refractivity contribution in [2.75, 3.05) is 0 Å². The number of nitrogens with zero attached hydrogens (tertiary/aromatic N) is 6. The van der Waals surface area contributed by atoms with E-state index in [4.69, 9.17) is 29.9 Å². The lowest BCUT2D eigenvalue weighted by Crippen LogP contribution is -2.35. The predicted octanol–water partition coefficient (Wildman–Crippen LogP) is 12.7. The van der Waals surface area contributed by atoms with Gasteiger partial charge in [0, 0.05) is 33.4 Å². The maximum absolute atomic E-state index is 5.19. The molecule has 0 bridgehead atoms. The first-order valence-electron chi connectivity index (χ1n) is 21.4. The van der Waals surface area contributed by atoms with Gasteiger partial charge in [-0.2, -0.15) is 0 Å². The van der Waals surface area contributed by atoms with Gasteiger partial charge in [0.1, 0.15) is 0 Å². The molecule has 6 nitrogen and oxygen atoms in total. The van der Waals surface area contributed by atoms with Crippen LogP contribution in [-0.4, -0.2) is 29.9 Å². The first kappa shape index (κ1) is 35.5. The Hall–Kier alpha value is -7.44. The van der Waals surface area contributed by atoms with Crippen LogP contribution in [0.2, 0.25) is 0 Å². The van der Waals surface area contributed by atoms with E-state index in [1.165, 1.54) is 52.6 Å². The molecule has 290 valence electrons. The van der Waals surface area contributed by atoms with Crippen LogP contribution in [0.5, 0.6) is 0 Å². The molecule has 1 spiro atoms. The number of aromatic nitrogens is 6. The maximum Gasteiger partial charge on any atom is 0.164 e. The van der Waals surface area contributed by atoms with Crippen LogP contribution in [0.4, 0.5) is 0 Å². The van der Waals surface area contributed by atoms with Crippen LogP contribution in [0.3, 0.4) is 0 Å². The second-order valence-corrected chi connectivity index (χ2v) is 16.5. The molecule has 3 unspecified atom stereocenters. The molecule has 2 aromatic heterocycles. The van der Waals surface area contributed by atoms with Crippen LogP contribution >= 0.6 is 0 Å². The molecule has 3 aliphatic rings. The molecule has 1 fully saturated rings. The average molecular weight is 785 g/mol. The Morgan fingerprint density at radius 3 is 1.23 bits per heavy atom. The van der Waals surface area contributed by atoms with E-state index in [1.54, 1.807) is 0 Å². The summed E-state index contributed by atoms with van der Waals surface area (Å²) in [5, 5.41) is 0. The first-order chi connectivity index (χ1) is 30.2. The number of benzene rings is 7. The summed E-state index contributed by atoms with van der Waals surface area (Å²) in [6.45, 7) is 0. The van der Waals surface area contributed by atoms with Crippen LogP contribution in [0, 0.1) is 5.92 Å². The molecule has 6 heteroatoms. The Balaban J connectivity index is 1.08. The highest BCUT2D eigenvalue weighted by molar-refractivity contribution is 5.88. The number of fused-ring (bicyclic) bond motifs is 10. The molecule has 0 radical (unpaired) electrons. The van der Waals surface area contributed by atoms with Gasteiger partial charge in [-0.25, -0.2) is 29.9 Å². The van der Waals surface area contributed by atoms with Gasteiger partial charge in [-0.3, -0.25) is 0 Å². The third-order valence-corrected chi connectivity index (χ3v) is 13.2. The fraction of sp³-hybridized carbons (Fsp3) is 0.127. The molecule has 61 heavy (non-hydrogen) atoms. The maximum atomic E-state index is 5.19. The molecule has 12 rings (SSSR count). The van der Waals surface area contributed by atoms with E-state index >= 15 is 0 Å². The molecule has 9 aromatic rings. The van der Waals surface area contributed by atoms with Gasteiger partial charge < -0.3 is 0 Å². The van der Waals surface area contributed by atoms with E-state index < -0.39 is 0 Å². The fourth-order valence-corrected chi connectivity index (χ4v) is 10.6. The third kappa shape index (κ3) is 5.77. The standard InChI is InChI=1S/C55H40N6/c1-5-17-35(18-6-1)49-56-50(36-19-7-2-8-20-36)59-53(58-49)39-29-31-43-41-25-13-15-27-45(41)55(47(43)33-39)46-28-16-14-26-42(46)44-32-30-40(34-48(44)55)54-60-51(37-21-9-3-10-22-37)57-52(61-54)38-23-11-4-12-24-38/h1-13,15,17-25,27,29-34,42,46H,14,16,26,28H2. The van der Waals surface area contributed by atoms with Gasteiger partial charge in [-0.05, 0) is 70.2 Å². The highest BCUT2D eigenvalue weighted by Crippen LogP contribution is 2.67. The lowest BCUT2D eigenvalue weighted by molar-refractivity contribution is 0.265. The molecule has 1 saturated carbocycles. The smallest absolute Gasteiger partial charge is 0.164 e. The Bertz CT molecular complexity index is 2980. The van der Waals surface area contributed by atoms with Gasteiger partial charge in [0.05, 0.1) is 5.41 Å². The molecule has 3 atom stereocenters. The summed E-state index contributed by atoms with van der Waals surface area (Å²) in [6, 6.07) is 64.0. The van der Waals surface area contributed by atoms with E-state index in [1.807, 2.05) is 72.8 Å². The Labute approximate surface area is 355 Å². The van der Waals surface area contributed by atoms with Gasteiger partial charge in [0.25, 0.3) is 0 Å². The van der Waals surface area contributed by atoms with Crippen LogP contribution in [0.15, 0.2) is 182 Å². The Morgan fingerprint density at radius 2 is 0.721 bits per heavy atom.